The van der Waals surface area contributed by atoms with Crippen LogP contribution in [0.3, 0.4) is 0 Å². The number of amides is 1. The molecule has 1 atom stereocenters. The molecule has 1 aromatic carbocycles. The second-order valence-corrected chi connectivity index (χ2v) is 6.88. The van der Waals surface area contributed by atoms with E-state index >= 15 is 0 Å². The molecule has 4 rings (SSSR count). The SMILES string of the molecule is O=C([C@H]1CCc2ccccc2O1)N1CCC(C(=O)O)(n2ccnc2)CC1. The van der Waals surface area contributed by atoms with Crippen LogP contribution in [0, 0.1) is 0 Å². The number of aliphatic carboxylic acids is 1. The van der Waals surface area contributed by atoms with Gasteiger partial charge in [-0.2, -0.15) is 0 Å². The number of piperidine rings is 1. The fourth-order valence-electron chi connectivity index (χ4n) is 3.89. The van der Waals surface area contributed by atoms with Crippen molar-refractivity contribution in [2.75, 3.05) is 13.1 Å². The Morgan fingerprint density at radius 2 is 2.00 bits per heavy atom. The van der Waals surface area contributed by atoms with Crippen molar-refractivity contribution in [3.8, 4) is 5.75 Å². The Kier molecular flexibility index (Phi) is 4.14. The van der Waals surface area contributed by atoms with E-state index in [0.717, 1.165) is 17.7 Å². The molecule has 136 valence electrons. The number of fused-ring (bicyclic) bond motifs is 1. The molecule has 26 heavy (non-hydrogen) atoms. The van der Waals surface area contributed by atoms with Crippen LogP contribution in [0.15, 0.2) is 43.0 Å². The molecule has 0 aliphatic carbocycles. The third kappa shape index (κ3) is 2.73. The fourth-order valence-corrected chi connectivity index (χ4v) is 3.89. The number of rotatable bonds is 3. The number of nitrogens with zero attached hydrogens (tertiary/aromatic N) is 3. The van der Waals surface area contributed by atoms with Crippen molar-refractivity contribution in [3.63, 3.8) is 0 Å². The predicted molar refractivity (Wildman–Crippen MR) is 92.8 cm³/mol. The summed E-state index contributed by atoms with van der Waals surface area (Å²) in [6, 6.07) is 7.78. The lowest BCUT2D eigenvalue weighted by Crippen LogP contribution is -2.54. The number of para-hydroxylation sites is 1. The zero-order valence-corrected chi connectivity index (χ0v) is 14.4. The van der Waals surface area contributed by atoms with Gasteiger partial charge < -0.3 is 19.3 Å². The number of aromatic nitrogens is 2. The van der Waals surface area contributed by atoms with Crippen LogP contribution in [-0.2, 0) is 21.5 Å². The molecular weight excluding hydrogens is 334 g/mol. The van der Waals surface area contributed by atoms with Gasteiger partial charge in [0.25, 0.3) is 5.91 Å². The van der Waals surface area contributed by atoms with Gasteiger partial charge in [-0.3, -0.25) is 4.79 Å². The highest BCUT2D eigenvalue weighted by molar-refractivity contribution is 5.83. The molecule has 0 spiro atoms. The molecule has 0 radical (unpaired) electrons. The highest BCUT2D eigenvalue weighted by Gasteiger charge is 2.45. The van der Waals surface area contributed by atoms with Gasteiger partial charge in [0.05, 0.1) is 6.33 Å². The van der Waals surface area contributed by atoms with E-state index in [1.54, 1.807) is 21.9 Å². The molecule has 1 saturated heterocycles. The van der Waals surface area contributed by atoms with Gasteiger partial charge in [-0.05, 0) is 37.3 Å². The summed E-state index contributed by atoms with van der Waals surface area (Å²) in [6.07, 6.45) is 6.47. The minimum Gasteiger partial charge on any atom is -0.480 e. The number of benzene rings is 1. The van der Waals surface area contributed by atoms with Crippen LogP contribution >= 0.6 is 0 Å². The highest BCUT2D eigenvalue weighted by Crippen LogP contribution is 2.32. The summed E-state index contributed by atoms with van der Waals surface area (Å²) in [6.45, 7) is 0.787. The number of carbonyl (C=O) groups is 2. The number of carbonyl (C=O) groups excluding carboxylic acids is 1. The molecule has 2 aromatic rings. The van der Waals surface area contributed by atoms with Gasteiger partial charge in [-0.15, -0.1) is 0 Å². The van der Waals surface area contributed by atoms with E-state index < -0.39 is 17.6 Å². The molecule has 7 nitrogen and oxygen atoms in total. The van der Waals surface area contributed by atoms with E-state index in [-0.39, 0.29) is 5.91 Å². The molecule has 0 bridgehead atoms. The summed E-state index contributed by atoms with van der Waals surface area (Å²) in [5, 5.41) is 9.77. The Morgan fingerprint density at radius 3 is 2.69 bits per heavy atom. The Bertz CT molecular complexity index is 810. The Hall–Kier alpha value is -2.83. The average Bonchev–Trinajstić information content (AvgIpc) is 3.22. The molecular formula is C19H21N3O4. The third-order valence-electron chi connectivity index (χ3n) is 5.49. The summed E-state index contributed by atoms with van der Waals surface area (Å²) in [5.74, 6) is -0.165. The molecule has 1 fully saturated rings. The first-order valence-electron chi connectivity index (χ1n) is 8.85. The molecule has 1 aromatic heterocycles. The fraction of sp³-hybridized carbons (Fsp3) is 0.421. The summed E-state index contributed by atoms with van der Waals surface area (Å²) in [7, 11) is 0. The monoisotopic (exact) mass is 355 g/mol. The maximum Gasteiger partial charge on any atom is 0.330 e. The van der Waals surface area contributed by atoms with Crippen LogP contribution in [0.25, 0.3) is 0 Å². The predicted octanol–water partition coefficient (Wildman–Crippen LogP) is 1.68. The lowest BCUT2D eigenvalue weighted by molar-refractivity contribution is -0.154. The summed E-state index contributed by atoms with van der Waals surface area (Å²) in [4.78, 5) is 30.5. The number of hydrogen-bond acceptors (Lipinski definition) is 4. The zero-order chi connectivity index (χ0) is 18.1. The van der Waals surface area contributed by atoms with E-state index in [9.17, 15) is 14.7 Å². The van der Waals surface area contributed by atoms with Crippen molar-refractivity contribution >= 4 is 11.9 Å². The van der Waals surface area contributed by atoms with E-state index in [1.807, 2.05) is 24.3 Å². The third-order valence-corrected chi connectivity index (χ3v) is 5.49. The number of carboxylic acid groups (broad SMARTS) is 1. The van der Waals surface area contributed by atoms with Crippen molar-refractivity contribution in [3.05, 3.63) is 48.5 Å². The van der Waals surface area contributed by atoms with Gasteiger partial charge in [0.15, 0.2) is 6.10 Å². The first kappa shape index (κ1) is 16.6. The van der Waals surface area contributed by atoms with Gasteiger partial charge in [0, 0.05) is 25.5 Å². The van der Waals surface area contributed by atoms with E-state index in [2.05, 4.69) is 4.98 Å². The Labute approximate surface area is 151 Å². The van der Waals surface area contributed by atoms with Gasteiger partial charge in [0.1, 0.15) is 11.3 Å². The van der Waals surface area contributed by atoms with Crippen LogP contribution in [0.2, 0.25) is 0 Å². The van der Waals surface area contributed by atoms with Gasteiger partial charge >= 0.3 is 5.97 Å². The second-order valence-electron chi connectivity index (χ2n) is 6.88. The summed E-state index contributed by atoms with van der Waals surface area (Å²) >= 11 is 0. The Morgan fingerprint density at radius 1 is 1.23 bits per heavy atom. The van der Waals surface area contributed by atoms with Gasteiger partial charge in [-0.1, -0.05) is 18.2 Å². The van der Waals surface area contributed by atoms with Crippen LogP contribution in [0.1, 0.15) is 24.8 Å². The lowest BCUT2D eigenvalue weighted by Gasteiger charge is -2.40. The van der Waals surface area contributed by atoms with E-state index in [4.69, 9.17) is 4.74 Å². The molecule has 1 amide bonds. The van der Waals surface area contributed by atoms with Crippen LogP contribution in [0.4, 0.5) is 0 Å². The molecule has 3 heterocycles. The van der Waals surface area contributed by atoms with Crippen LogP contribution in [0.5, 0.6) is 5.75 Å². The molecule has 1 N–H and O–H groups in total. The first-order chi connectivity index (χ1) is 12.6. The standard InChI is InChI=1S/C19H21N3O4/c23-17(16-6-5-14-3-1-2-4-15(14)26-16)21-10-7-19(8-11-21,18(24)25)22-12-9-20-13-22/h1-4,9,12-13,16H,5-8,10-11H2,(H,24,25)/t16-/m1/s1. The Balaban J connectivity index is 1.45. The number of aryl methyl sites for hydroxylation is 1. The van der Waals surface area contributed by atoms with E-state index in [0.29, 0.717) is 32.4 Å². The molecule has 2 aliphatic rings. The van der Waals surface area contributed by atoms with Crippen molar-refractivity contribution in [2.45, 2.75) is 37.3 Å². The van der Waals surface area contributed by atoms with Crippen molar-refractivity contribution in [1.29, 1.82) is 0 Å². The normalized spacial score (nSPS) is 21.5. The average molecular weight is 355 g/mol. The molecule has 0 saturated carbocycles. The number of ether oxygens (including phenoxy) is 1. The van der Waals surface area contributed by atoms with Crippen molar-refractivity contribution < 1.29 is 19.4 Å². The lowest BCUT2D eigenvalue weighted by atomic mass is 9.87. The van der Waals surface area contributed by atoms with Crippen LogP contribution < -0.4 is 4.74 Å². The number of carboxylic acids is 1. The first-order valence-corrected chi connectivity index (χ1v) is 8.85. The number of likely N-dealkylation sites (tertiary alicyclic amines) is 1. The molecule has 2 aliphatic heterocycles. The van der Waals surface area contributed by atoms with Crippen LogP contribution in [-0.4, -0.2) is 50.6 Å². The highest BCUT2D eigenvalue weighted by atomic mass is 16.5. The quantitative estimate of drug-likeness (QED) is 0.905. The molecule has 0 unspecified atom stereocenters. The smallest absolute Gasteiger partial charge is 0.330 e. The minimum atomic E-state index is -1.03. The van der Waals surface area contributed by atoms with Gasteiger partial charge in [0.2, 0.25) is 0 Å². The van der Waals surface area contributed by atoms with E-state index in [1.165, 1.54) is 6.33 Å². The van der Waals surface area contributed by atoms with Crippen molar-refractivity contribution in [1.82, 2.24) is 14.5 Å². The maximum atomic E-state index is 12.9. The summed E-state index contributed by atoms with van der Waals surface area (Å²) in [5.41, 5.74) is 0.0908. The number of imidazole rings is 1. The maximum absolute atomic E-state index is 12.9. The zero-order valence-electron chi connectivity index (χ0n) is 14.4. The summed E-state index contributed by atoms with van der Waals surface area (Å²) < 4.78 is 7.54. The molecule has 7 heteroatoms. The second kappa shape index (κ2) is 6.48. The van der Waals surface area contributed by atoms with Gasteiger partial charge in [-0.25, -0.2) is 9.78 Å². The topological polar surface area (TPSA) is 84.7 Å². The largest absolute Gasteiger partial charge is 0.480 e. The number of hydrogen-bond donors (Lipinski definition) is 1. The minimum absolute atomic E-state index is 0.0517. The van der Waals surface area contributed by atoms with Crippen molar-refractivity contribution in [2.24, 2.45) is 0 Å².